The van der Waals surface area contributed by atoms with E-state index in [9.17, 15) is 27.6 Å². The van der Waals surface area contributed by atoms with Gasteiger partial charge in [-0.25, -0.2) is 0 Å². The monoisotopic (exact) mass is 617 g/mol. The summed E-state index contributed by atoms with van der Waals surface area (Å²) in [5, 5.41) is 7.77. The highest BCUT2D eigenvalue weighted by atomic mass is 35.5. The van der Waals surface area contributed by atoms with Gasteiger partial charge in [0.1, 0.15) is 10.9 Å². The van der Waals surface area contributed by atoms with Crippen LogP contribution in [0.15, 0.2) is 36.4 Å². The van der Waals surface area contributed by atoms with E-state index in [1.165, 1.54) is 24.3 Å². The zero-order valence-corrected chi connectivity index (χ0v) is 22.5. The highest BCUT2D eigenvalue weighted by Gasteiger charge is 2.67. The van der Waals surface area contributed by atoms with E-state index in [2.05, 4.69) is 10.6 Å². The number of alkyl halides is 5. The quantitative estimate of drug-likeness (QED) is 0.226. The van der Waals surface area contributed by atoms with Gasteiger partial charge in [-0.05, 0) is 48.4 Å². The normalized spacial score (nSPS) is 18.2. The molecule has 0 spiro atoms. The minimum Gasteiger partial charge on any atom is -0.352 e. The summed E-state index contributed by atoms with van der Waals surface area (Å²) in [6, 6.07) is 9.03. The highest BCUT2D eigenvalue weighted by Crippen LogP contribution is 2.65. The van der Waals surface area contributed by atoms with Gasteiger partial charge in [-0.2, -0.15) is 13.2 Å². The lowest BCUT2D eigenvalue weighted by Crippen LogP contribution is -2.34. The smallest absolute Gasteiger partial charge is 0.352 e. The Balaban J connectivity index is 1.57. The van der Waals surface area contributed by atoms with Crippen molar-refractivity contribution in [2.24, 2.45) is 5.92 Å². The van der Waals surface area contributed by atoms with Crippen molar-refractivity contribution in [2.75, 3.05) is 18.4 Å². The van der Waals surface area contributed by atoms with E-state index in [4.69, 9.17) is 58.0 Å². The molecule has 0 saturated heterocycles. The SMILES string of the molecule is O=C(CCCNC(=O)c1cc(NC(=O)[C@H]2[C@H](c3cc(Cl)cc(Cl)c3)C2(Cl)Cl)ccc1Cl)NCC(F)(F)F. The summed E-state index contributed by atoms with van der Waals surface area (Å²) in [7, 11) is 0. The molecule has 6 nitrogen and oxygen atoms in total. The van der Waals surface area contributed by atoms with E-state index >= 15 is 0 Å². The second kappa shape index (κ2) is 11.9. The van der Waals surface area contributed by atoms with Crippen LogP contribution in [0.25, 0.3) is 0 Å². The summed E-state index contributed by atoms with van der Waals surface area (Å²) in [6.07, 6.45) is -4.60. The van der Waals surface area contributed by atoms with Gasteiger partial charge in [0.15, 0.2) is 0 Å². The molecule has 3 N–H and O–H groups in total. The Hall–Kier alpha value is -1.91. The van der Waals surface area contributed by atoms with Crippen LogP contribution < -0.4 is 16.0 Å². The van der Waals surface area contributed by atoms with Crippen molar-refractivity contribution in [2.45, 2.75) is 29.3 Å². The lowest BCUT2D eigenvalue weighted by molar-refractivity contribution is -0.138. The van der Waals surface area contributed by atoms with Gasteiger partial charge in [0.05, 0.1) is 16.5 Å². The number of hydrogen-bond acceptors (Lipinski definition) is 3. The first-order valence-electron chi connectivity index (χ1n) is 10.7. The van der Waals surface area contributed by atoms with E-state index in [0.29, 0.717) is 15.6 Å². The minimum atomic E-state index is -4.50. The van der Waals surface area contributed by atoms with Crippen LogP contribution >= 0.6 is 58.0 Å². The molecule has 2 aromatic rings. The van der Waals surface area contributed by atoms with E-state index < -0.39 is 46.6 Å². The van der Waals surface area contributed by atoms with E-state index in [0.717, 1.165) is 0 Å². The first kappa shape index (κ1) is 29.6. The first-order valence-corrected chi connectivity index (χ1v) is 12.6. The Morgan fingerprint density at radius 1 is 0.946 bits per heavy atom. The molecular formula is C23H19Cl5F3N3O3. The first-order chi connectivity index (χ1) is 17.2. The molecule has 0 heterocycles. The van der Waals surface area contributed by atoms with Gasteiger partial charge in [-0.1, -0.05) is 34.8 Å². The summed E-state index contributed by atoms with van der Waals surface area (Å²) in [5.41, 5.74) is 0.897. The second-order valence-electron chi connectivity index (χ2n) is 8.27. The highest BCUT2D eigenvalue weighted by molar-refractivity contribution is 6.53. The Labute approximate surface area is 235 Å². The Morgan fingerprint density at radius 2 is 1.59 bits per heavy atom. The maximum atomic E-state index is 12.9. The van der Waals surface area contributed by atoms with Gasteiger partial charge in [0.25, 0.3) is 5.91 Å². The number of halogens is 8. The third-order valence-corrected chi connectivity index (χ3v) is 7.12. The van der Waals surface area contributed by atoms with Gasteiger partial charge in [0.2, 0.25) is 11.8 Å². The molecule has 2 aromatic carbocycles. The Bertz CT molecular complexity index is 1190. The van der Waals surface area contributed by atoms with Crippen molar-refractivity contribution in [3.63, 3.8) is 0 Å². The zero-order chi connectivity index (χ0) is 27.5. The van der Waals surface area contributed by atoms with Crippen molar-refractivity contribution < 1.29 is 27.6 Å². The van der Waals surface area contributed by atoms with Crippen molar-refractivity contribution in [3.8, 4) is 0 Å². The minimum absolute atomic E-state index is 0.0121. The van der Waals surface area contributed by atoms with Crippen molar-refractivity contribution in [3.05, 3.63) is 62.6 Å². The van der Waals surface area contributed by atoms with Gasteiger partial charge in [-0.15, -0.1) is 23.2 Å². The average molecular weight is 620 g/mol. The molecule has 0 bridgehead atoms. The fourth-order valence-electron chi connectivity index (χ4n) is 3.65. The van der Waals surface area contributed by atoms with Gasteiger partial charge < -0.3 is 16.0 Å². The number of benzene rings is 2. The lowest BCUT2D eigenvalue weighted by Gasteiger charge is -2.11. The molecule has 1 fully saturated rings. The van der Waals surface area contributed by atoms with Crippen molar-refractivity contribution in [1.82, 2.24) is 10.6 Å². The van der Waals surface area contributed by atoms with Gasteiger partial charge in [0, 0.05) is 34.6 Å². The largest absolute Gasteiger partial charge is 0.405 e. The van der Waals surface area contributed by atoms with Gasteiger partial charge >= 0.3 is 6.18 Å². The number of nitrogens with one attached hydrogen (secondary N) is 3. The fourth-order valence-corrected chi connectivity index (χ4v) is 5.23. The maximum Gasteiger partial charge on any atom is 0.405 e. The van der Waals surface area contributed by atoms with Crippen molar-refractivity contribution >= 4 is 81.4 Å². The molecule has 0 aromatic heterocycles. The molecule has 1 aliphatic carbocycles. The summed E-state index contributed by atoms with van der Waals surface area (Å²) in [4.78, 5) is 36.9. The Kier molecular flexibility index (Phi) is 9.51. The summed E-state index contributed by atoms with van der Waals surface area (Å²) < 4.78 is 35.0. The molecule has 0 unspecified atom stereocenters. The fraction of sp³-hybridized carbons (Fsp3) is 0.348. The molecule has 1 aliphatic rings. The van der Waals surface area contributed by atoms with E-state index in [1.807, 2.05) is 0 Å². The number of amides is 3. The summed E-state index contributed by atoms with van der Waals surface area (Å²) >= 11 is 30.9. The second-order valence-corrected chi connectivity index (χ2v) is 11.0. The van der Waals surface area contributed by atoms with E-state index in [1.54, 1.807) is 17.4 Å². The lowest BCUT2D eigenvalue weighted by atomic mass is 10.1. The molecule has 200 valence electrons. The molecule has 37 heavy (non-hydrogen) atoms. The van der Waals surface area contributed by atoms with Crippen molar-refractivity contribution in [1.29, 1.82) is 0 Å². The summed E-state index contributed by atoms with van der Waals surface area (Å²) in [5.74, 6) is -3.26. The standard InChI is InChI=1S/C23H19Cl5F3N3O3/c24-12-6-11(7-13(25)8-12)18-19(23(18,27)28)21(37)34-14-3-4-16(26)15(9-14)20(36)32-5-1-2-17(35)33-10-22(29,30)31/h3-4,6-9,18-19H,1-2,5,10H2,(H,32,36)(H,33,35)(H,34,37)/t18-,19+/m0/s1. The van der Waals surface area contributed by atoms with Crippen LogP contribution in [0.4, 0.5) is 18.9 Å². The molecule has 14 heteroatoms. The molecule has 3 amide bonds. The van der Waals surface area contributed by atoms with Crippen LogP contribution in [0, 0.1) is 5.92 Å². The van der Waals surface area contributed by atoms with Crippen LogP contribution in [0.5, 0.6) is 0 Å². The third kappa shape index (κ3) is 8.04. The number of hydrogen-bond donors (Lipinski definition) is 3. The summed E-state index contributed by atoms with van der Waals surface area (Å²) in [6.45, 7) is -1.41. The van der Waals surface area contributed by atoms with Crippen LogP contribution in [-0.4, -0.2) is 41.3 Å². The average Bonchev–Trinajstić information content (AvgIpc) is 3.37. The van der Waals surface area contributed by atoms with Gasteiger partial charge in [-0.3, -0.25) is 14.4 Å². The topological polar surface area (TPSA) is 87.3 Å². The van der Waals surface area contributed by atoms with Crippen LogP contribution in [0.1, 0.15) is 34.7 Å². The number of carbonyl (C=O) groups excluding carboxylic acids is 3. The number of anilines is 1. The molecule has 2 atom stereocenters. The van der Waals surface area contributed by atoms with Crippen LogP contribution in [-0.2, 0) is 9.59 Å². The number of carbonyl (C=O) groups is 3. The molecule has 0 aliphatic heterocycles. The molecular weight excluding hydrogens is 601 g/mol. The van der Waals surface area contributed by atoms with Crippen LogP contribution in [0.3, 0.4) is 0 Å². The molecule has 0 radical (unpaired) electrons. The predicted molar refractivity (Wildman–Crippen MR) is 138 cm³/mol. The molecule has 1 saturated carbocycles. The van der Waals surface area contributed by atoms with Crippen LogP contribution in [0.2, 0.25) is 15.1 Å². The maximum absolute atomic E-state index is 12.9. The third-order valence-electron chi connectivity index (χ3n) is 5.41. The van der Waals surface area contributed by atoms with E-state index in [-0.39, 0.29) is 35.7 Å². The predicted octanol–water partition coefficient (Wildman–Crippen LogP) is 6.36. The zero-order valence-electron chi connectivity index (χ0n) is 18.7. The number of rotatable bonds is 9. The Morgan fingerprint density at radius 3 is 2.22 bits per heavy atom. The molecule has 3 rings (SSSR count).